The highest BCUT2D eigenvalue weighted by molar-refractivity contribution is 9.10. The molecule has 0 saturated heterocycles. The summed E-state index contributed by atoms with van der Waals surface area (Å²) < 4.78 is 52.5. The van der Waals surface area contributed by atoms with E-state index < -0.39 is 21.7 Å². The summed E-state index contributed by atoms with van der Waals surface area (Å²) in [5.74, 6) is -1.84. The van der Waals surface area contributed by atoms with Crippen LogP contribution in [0.1, 0.15) is 0 Å². The Labute approximate surface area is 127 Å². The number of nitrogens with zero attached hydrogens (tertiary/aromatic N) is 1. The van der Waals surface area contributed by atoms with Crippen LogP contribution in [0.4, 0.5) is 14.5 Å². The zero-order valence-corrected chi connectivity index (χ0v) is 12.7. The molecule has 2 rings (SSSR count). The summed E-state index contributed by atoms with van der Waals surface area (Å²) >= 11 is 8.65. The number of rotatable bonds is 3. The molecule has 0 atom stereocenters. The van der Waals surface area contributed by atoms with Crippen LogP contribution in [0.2, 0.25) is 5.02 Å². The third kappa shape index (κ3) is 3.25. The number of aromatic nitrogens is 1. The Morgan fingerprint density at radius 3 is 2.60 bits per heavy atom. The van der Waals surface area contributed by atoms with Crippen LogP contribution in [-0.2, 0) is 10.0 Å². The van der Waals surface area contributed by atoms with Crippen LogP contribution in [0.25, 0.3) is 0 Å². The lowest BCUT2D eigenvalue weighted by Gasteiger charge is -2.10. The summed E-state index contributed by atoms with van der Waals surface area (Å²) in [6.45, 7) is 0. The Bertz CT molecular complexity index is 771. The van der Waals surface area contributed by atoms with Gasteiger partial charge in [-0.25, -0.2) is 22.2 Å². The molecule has 0 spiro atoms. The molecule has 0 bridgehead atoms. The summed E-state index contributed by atoms with van der Waals surface area (Å²) in [6, 6.07) is 3.64. The third-order valence-corrected chi connectivity index (χ3v) is 4.72. The zero-order valence-electron chi connectivity index (χ0n) is 9.57. The Balaban J connectivity index is 2.43. The van der Waals surface area contributed by atoms with Crippen LogP contribution in [0.15, 0.2) is 40.0 Å². The maximum Gasteiger partial charge on any atom is 0.264 e. The standard InChI is InChI=1S/C11H6BrClF2N2O2S/c12-11-10(3-6(13)5-16-11)20(18,19)17-9-2-1-7(14)4-8(9)15/h1-5,17H. The van der Waals surface area contributed by atoms with E-state index in [4.69, 9.17) is 11.6 Å². The first-order valence-corrected chi connectivity index (χ1v) is 7.74. The zero-order chi connectivity index (χ0) is 14.9. The van der Waals surface area contributed by atoms with Crippen LogP contribution < -0.4 is 4.72 Å². The highest BCUT2D eigenvalue weighted by atomic mass is 79.9. The van der Waals surface area contributed by atoms with Crippen molar-refractivity contribution in [3.05, 3.63) is 51.7 Å². The molecule has 0 aliphatic rings. The van der Waals surface area contributed by atoms with Crippen LogP contribution in [-0.4, -0.2) is 13.4 Å². The van der Waals surface area contributed by atoms with Crippen LogP contribution >= 0.6 is 27.5 Å². The van der Waals surface area contributed by atoms with E-state index in [9.17, 15) is 17.2 Å². The predicted molar refractivity (Wildman–Crippen MR) is 74.1 cm³/mol. The monoisotopic (exact) mass is 382 g/mol. The van der Waals surface area contributed by atoms with Crippen molar-refractivity contribution in [1.29, 1.82) is 0 Å². The smallest absolute Gasteiger partial charge is 0.264 e. The summed E-state index contributed by atoms with van der Waals surface area (Å²) in [5.41, 5.74) is -0.377. The average molecular weight is 384 g/mol. The van der Waals surface area contributed by atoms with Crippen LogP contribution in [0.5, 0.6) is 0 Å². The van der Waals surface area contributed by atoms with E-state index in [0.29, 0.717) is 6.07 Å². The van der Waals surface area contributed by atoms with Gasteiger partial charge in [-0.05, 0) is 34.1 Å². The number of hydrogen-bond donors (Lipinski definition) is 1. The van der Waals surface area contributed by atoms with E-state index in [0.717, 1.165) is 18.2 Å². The molecule has 1 heterocycles. The Hall–Kier alpha value is -1.25. The van der Waals surface area contributed by atoms with Gasteiger partial charge in [0.15, 0.2) is 0 Å². The molecule has 1 aromatic carbocycles. The summed E-state index contributed by atoms with van der Waals surface area (Å²) in [7, 11) is -4.11. The molecule has 106 valence electrons. The molecule has 4 nitrogen and oxygen atoms in total. The van der Waals surface area contributed by atoms with E-state index in [1.54, 1.807) is 0 Å². The van der Waals surface area contributed by atoms with Gasteiger partial charge in [0.2, 0.25) is 0 Å². The van der Waals surface area contributed by atoms with Gasteiger partial charge in [-0.1, -0.05) is 11.6 Å². The highest BCUT2D eigenvalue weighted by Gasteiger charge is 2.21. The van der Waals surface area contributed by atoms with Gasteiger partial charge < -0.3 is 0 Å². The topological polar surface area (TPSA) is 59.1 Å². The molecule has 0 saturated carbocycles. The predicted octanol–water partition coefficient (Wildman–Crippen LogP) is 3.58. The molecule has 20 heavy (non-hydrogen) atoms. The molecule has 0 aliphatic carbocycles. The molecule has 0 fully saturated rings. The summed E-state index contributed by atoms with van der Waals surface area (Å²) in [5, 5.41) is 0.105. The maximum atomic E-state index is 13.5. The molecule has 0 radical (unpaired) electrons. The number of halogens is 4. The number of anilines is 1. The van der Waals surface area contributed by atoms with E-state index in [1.807, 2.05) is 4.72 Å². The van der Waals surface area contributed by atoms with E-state index in [1.165, 1.54) is 6.20 Å². The van der Waals surface area contributed by atoms with Gasteiger partial charge in [-0.2, -0.15) is 0 Å². The van der Waals surface area contributed by atoms with Crippen molar-refractivity contribution in [2.45, 2.75) is 4.90 Å². The molecule has 2 aromatic rings. The van der Waals surface area contributed by atoms with Gasteiger partial charge in [0, 0.05) is 12.3 Å². The highest BCUT2D eigenvalue weighted by Crippen LogP contribution is 2.26. The molecular weight excluding hydrogens is 378 g/mol. The van der Waals surface area contributed by atoms with Crippen LogP contribution in [0, 0.1) is 11.6 Å². The molecular formula is C11H6BrClF2N2O2S. The number of nitrogens with one attached hydrogen (secondary N) is 1. The van der Waals surface area contributed by atoms with Gasteiger partial charge in [-0.3, -0.25) is 4.72 Å². The molecule has 1 aromatic heterocycles. The van der Waals surface area contributed by atoms with Crippen molar-refractivity contribution in [1.82, 2.24) is 4.98 Å². The minimum Gasteiger partial charge on any atom is -0.277 e. The van der Waals surface area contributed by atoms with Gasteiger partial charge in [0.25, 0.3) is 10.0 Å². The first kappa shape index (κ1) is 15.1. The van der Waals surface area contributed by atoms with E-state index in [2.05, 4.69) is 20.9 Å². The maximum absolute atomic E-state index is 13.5. The van der Waals surface area contributed by atoms with Crippen molar-refractivity contribution in [2.75, 3.05) is 4.72 Å². The second kappa shape index (κ2) is 5.63. The molecule has 9 heteroatoms. The Morgan fingerprint density at radius 1 is 1.25 bits per heavy atom. The minimum absolute atomic E-state index is 0.0249. The first-order chi connectivity index (χ1) is 9.29. The molecule has 0 aliphatic heterocycles. The molecule has 1 N–H and O–H groups in total. The lowest BCUT2D eigenvalue weighted by Crippen LogP contribution is -2.15. The van der Waals surface area contributed by atoms with Crippen molar-refractivity contribution >= 4 is 43.2 Å². The second-order valence-electron chi connectivity index (χ2n) is 3.67. The number of benzene rings is 1. The Morgan fingerprint density at radius 2 is 1.95 bits per heavy atom. The minimum atomic E-state index is -4.11. The second-order valence-corrected chi connectivity index (χ2v) is 6.51. The fraction of sp³-hybridized carbons (Fsp3) is 0. The SMILES string of the molecule is O=S(=O)(Nc1ccc(F)cc1F)c1cc(Cl)cnc1Br. The van der Waals surface area contributed by atoms with Gasteiger partial charge >= 0.3 is 0 Å². The van der Waals surface area contributed by atoms with Crippen molar-refractivity contribution < 1.29 is 17.2 Å². The van der Waals surface area contributed by atoms with Crippen LogP contribution in [0.3, 0.4) is 0 Å². The largest absolute Gasteiger partial charge is 0.277 e. The number of sulfonamides is 1. The van der Waals surface area contributed by atoms with Crippen molar-refractivity contribution in [3.8, 4) is 0 Å². The van der Waals surface area contributed by atoms with Crippen molar-refractivity contribution in [2.24, 2.45) is 0 Å². The lowest BCUT2D eigenvalue weighted by molar-refractivity contribution is 0.582. The fourth-order valence-electron chi connectivity index (χ4n) is 1.36. The van der Waals surface area contributed by atoms with Crippen molar-refractivity contribution in [3.63, 3.8) is 0 Å². The number of hydrogen-bond acceptors (Lipinski definition) is 3. The number of pyridine rings is 1. The summed E-state index contributed by atoms with van der Waals surface area (Å²) in [4.78, 5) is 3.48. The van der Waals surface area contributed by atoms with E-state index in [-0.39, 0.29) is 20.2 Å². The van der Waals surface area contributed by atoms with E-state index >= 15 is 0 Å². The fourth-order valence-corrected chi connectivity index (χ4v) is 3.56. The normalized spacial score (nSPS) is 11.4. The average Bonchev–Trinajstić information content (AvgIpc) is 2.35. The van der Waals surface area contributed by atoms with Gasteiger partial charge in [0.1, 0.15) is 21.1 Å². The first-order valence-electron chi connectivity index (χ1n) is 5.08. The lowest BCUT2D eigenvalue weighted by atomic mass is 10.3. The van der Waals surface area contributed by atoms with Gasteiger partial charge in [-0.15, -0.1) is 0 Å². The third-order valence-electron chi connectivity index (χ3n) is 2.24. The summed E-state index contributed by atoms with van der Waals surface area (Å²) in [6.07, 6.45) is 1.25. The molecule has 0 amide bonds. The Kier molecular flexibility index (Phi) is 4.26. The molecule has 0 unspecified atom stereocenters. The van der Waals surface area contributed by atoms with Gasteiger partial charge in [0.05, 0.1) is 10.7 Å². The quantitative estimate of drug-likeness (QED) is 0.824.